The maximum absolute atomic E-state index is 13.5. The summed E-state index contributed by atoms with van der Waals surface area (Å²) in [6.07, 6.45) is -9.88. The Balaban J connectivity index is 1.63. The number of halogens is 6. The number of rotatable bonds is 19. The van der Waals surface area contributed by atoms with Crippen molar-refractivity contribution >= 4 is 89.4 Å². The Kier molecular flexibility index (Phi) is 16.3. The van der Waals surface area contributed by atoms with Gasteiger partial charge in [-0.1, -0.05) is 11.8 Å². The molecule has 354 valence electrons. The summed E-state index contributed by atoms with van der Waals surface area (Å²) in [4.78, 5) is 15.1. The lowest BCUT2D eigenvalue weighted by atomic mass is 10.2. The second-order valence-corrected chi connectivity index (χ2v) is 17.4. The highest BCUT2D eigenvalue weighted by Crippen LogP contribution is 2.40. The van der Waals surface area contributed by atoms with Crippen molar-refractivity contribution in [3.05, 3.63) is 83.9 Å². The van der Waals surface area contributed by atoms with Crippen molar-refractivity contribution in [1.82, 2.24) is 15.0 Å². The summed E-state index contributed by atoms with van der Waals surface area (Å²) in [5, 5.41) is 31.7. The van der Waals surface area contributed by atoms with Gasteiger partial charge in [0.1, 0.15) is 32.5 Å². The molecule has 4 aromatic carbocycles. The molecule has 1 heterocycles. The Bertz CT molecular complexity index is 2650. The minimum absolute atomic E-state index is 0.00808. The first-order valence-corrected chi connectivity index (χ1v) is 23.4. The summed E-state index contributed by atoms with van der Waals surface area (Å²) in [5.74, 6) is -0.150. The molecule has 0 spiro atoms. The Morgan fingerprint density at radius 1 is 0.576 bits per heavy atom. The first-order chi connectivity index (χ1) is 31.0. The van der Waals surface area contributed by atoms with Crippen LogP contribution in [0, 0.1) is 0 Å². The first-order valence-electron chi connectivity index (χ1n) is 19.5. The minimum atomic E-state index is -5.21. The molecule has 0 amide bonds. The molecule has 0 atom stereocenters. The van der Waals surface area contributed by atoms with Gasteiger partial charge in [0.25, 0.3) is 20.2 Å². The van der Waals surface area contributed by atoms with Crippen molar-refractivity contribution in [2.24, 2.45) is 20.5 Å². The molecule has 0 saturated heterocycles. The van der Waals surface area contributed by atoms with Gasteiger partial charge in [-0.3, -0.25) is 9.11 Å². The molecule has 0 aliphatic carbocycles. The summed E-state index contributed by atoms with van der Waals surface area (Å²) in [6.45, 7) is 9.57. The monoisotopic (exact) mass is 985 g/mol. The molecule has 66 heavy (non-hydrogen) atoms. The quantitative estimate of drug-likeness (QED) is 0.0223. The summed E-state index contributed by atoms with van der Waals surface area (Å²) in [6, 6.07) is 12.6. The van der Waals surface area contributed by atoms with Crippen LogP contribution in [-0.4, -0.2) is 84.5 Å². The highest BCUT2D eigenvalue weighted by molar-refractivity contribution is 7.99. The van der Waals surface area contributed by atoms with Gasteiger partial charge in [-0.15, -0.1) is 20.5 Å². The smallest absolute Gasteiger partial charge is 0.396 e. The molecule has 18 nitrogen and oxygen atoms in total. The molecule has 0 aliphatic heterocycles. The van der Waals surface area contributed by atoms with Crippen LogP contribution in [-0.2, 0) is 32.6 Å². The van der Waals surface area contributed by atoms with E-state index in [0.717, 1.165) is 23.9 Å². The molecule has 5 N–H and O–H groups in total. The van der Waals surface area contributed by atoms with Gasteiger partial charge >= 0.3 is 12.4 Å². The third kappa shape index (κ3) is 13.1. The van der Waals surface area contributed by atoms with Gasteiger partial charge in [0.2, 0.25) is 11.9 Å². The number of hydrogen-bond donors (Lipinski definition) is 5. The standard InChI is InChI=1S/C39H41F6N11O7S3/c1-5-55(6-2)25-11-15-27(51-53-29-13-9-23(38(40,41)42)19-33(29)65(58,59)60)31(21-25)46-35-48-36(50-37(49-35)64-18-17-57)47-32-22-26(56(7-3)8-4)12-16-28(32)52-54-30-14-10-24(39(43,44)45)20-34(30)66(61,62)63/h9-16,19-22,57H,5-8,17-18H2,1-4H3,(H,58,59,60)(H,61,62,63)(H2,46,47,48,49,50)/b53-51+,54-52+. The fourth-order valence-corrected chi connectivity index (χ4v) is 7.95. The normalized spacial score (nSPS) is 12.6. The molecule has 5 aromatic rings. The summed E-state index contributed by atoms with van der Waals surface area (Å²) in [7, 11) is -10.4. The van der Waals surface area contributed by atoms with Crippen molar-refractivity contribution in [2.75, 3.05) is 59.0 Å². The van der Waals surface area contributed by atoms with Crippen LogP contribution in [0.5, 0.6) is 0 Å². The van der Waals surface area contributed by atoms with Crippen molar-refractivity contribution in [3.8, 4) is 0 Å². The van der Waals surface area contributed by atoms with E-state index < -0.39 is 64.9 Å². The number of aromatic nitrogens is 3. The number of aliphatic hydroxyl groups is 1. The fourth-order valence-electron chi connectivity index (χ4n) is 6.08. The van der Waals surface area contributed by atoms with E-state index in [1.54, 1.807) is 24.3 Å². The van der Waals surface area contributed by atoms with Gasteiger partial charge in [0.15, 0.2) is 5.16 Å². The molecule has 1 aromatic heterocycles. The number of nitrogens with zero attached hydrogens (tertiary/aromatic N) is 9. The van der Waals surface area contributed by atoms with Crippen LogP contribution in [0.3, 0.4) is 0 Å². The Morgan fingerprint density at radius 3 is 1.27 bits per heavy atom. The molecular formula is C39H41F6N11O7S3. The van der Waals surface area contributed by atoms with Gasteiger partial charge in [-0.2, -0.15) is 58.1 Å². The third-order valence-electron chi connectivity index (χ3n) is 9.31. The van der Waals surface area contributed by atoms with Crippen LogP contribution in [0.2, 0.25) is 0 Å². The first kappa shape index (κ1) is 51.0. The maximum Gasteiger partial charge on any atom is 0.416 e. The number of alkyl halides is 6. The van der Waals surface area contributed by atoms with Gasteiger partial charge in [0, 0.05) is 43.3 Å². The van der Waals surface area contributed by atoms with E-state index in [-0.39, 0.29) is 64.3 Å². The van der Waals surface area contributed by atoms with Crippen molar-refractivity contribution in [2.45, 2.75) is 55.0 Å². The number of nitrogens with one attached hydrogen (secondary N) is 2. The van der Waals surface area contributed by atoms with E-state index >= 15 is 0 Å². The van der Waals surface area contributed by atoms with E-state index in [2.05, 4.69) is 46.0 Å². The molecule has 0 saturated carbocycles. The number of aliphatic hydroxyl groups excluding tert-OH is 1. The van der Waals surface area contributed by atoms with Crippen LogP contribution in [0.25, 0.3) is 0 Å². The fraction of sp³-hybridized carbons (Fsp3) is 0.308. The molecule has 0 unspecified atom stereocenters. The number of azo groups is 2. The predicted molar refractivity (Wildman–Crippen MR) is 235 cm³/mol. The number of anilines is 6. The van der Waals surface area contributed by atoms with E-state index in [1.165, 1.54) is 12.1 Å². The topological polar surface area (TPSA) is 248 Å². The van der Waals surface area contributed by atoms with E-state index in [4.69, 9.17) is 0 Å². The zero-order valence-electron chi connectivity index (χ0n) is 35.2. The predicted octanol–water partition coefficient (Wildman–Crippen LogP) is 10.5. The van der Waals surface area contributed by atoms with Gasteiger partial charge in [-0.05, 0) is 100 Å². The zero-order chi connectivity index (χ0) is 48.6. The zero-order valence-corrected chi connectivity index (χ0v) is 37.6. The molecule has 5 rings (SSSR count). The Hall–Kier alpha value is -6.00. The van der Waals surface area contributed by atoms with Crippen molar-refractivity contribution in [1.29, 1.82) is 0 Å². The average Bonchev–Trinajstić information content (AvgIpc) is 3.24. The molecule has 0 aliphatic rings. The third-order valence-corrected chi connectivity index (χ3v) is 11.9. The number of benzene rings is 4. The minimum Gasteiger partial charge on any atom is -0.396 e. The lowest BCUT2D eigenvalue weighted by Gasteiger charge is -2.22. The van der Waals surface area contributed by atoms with Gasteiger partial charge in [-0.25, -0.2) is 0 Å². The summed E-state index contributed by atoms with van der Waals surface area (Å²) >= 11 is 1.02. The van der Waals surface area contributed by atoms with E-state index in [1.807, 2.05) is 37.5 Å². The number of hydrogen-bond acceptors (Lipinski definition) is 17. The lowest BCUT2D eigenvalue weighted by Crippen LogP contribution is -2.21. The Morgan fingerprint density at radius 2 is 0.939 bits per heavy atom. The van der Waals surface area contributed by atoms with Crippen LogP contribution in [0.1, 0.15) is 38.8 Å². The average molecular weight is 986 g/mol. The highest BCUT2D eigenvalue weighted by atomic mass is 32.2. The SMILES string of the molecule is CCN(CC)c1ccc(/N=N/c2ccc(C(F)(F)F)cc2S(=O)(=O)O)c(Nc2nc(Nc3cc(N(CC)CC)ccc3/N=N/c3ccc(C(F)(F)F)cc3S(=O)(=O)O)nc(SCCO)n2)c1. The molecule has 0 radical (unpaired) electrons. The number of thioether (sulfide) groups is 1. The van der Waals surface area contributed by atoms with Gasteiger partial charge in [0.05, 0.1) is 29.1 Å². The van der Waals surface area contributed by atoms with Crippen LogP contribution >= 0.6 is 11.8 Å². The van der Waals surface area contributed by atoms with Crippen LogP contribution in [0.15, 0.2) is 108 Å². The molecule has 0 bridgehead atoms. The molecule has 0 fully saturated rings. The lowest BCUT2D eigenvalue weighted by molar-refractivity contribution is -0.138. The van der Waals surface area contributed by atoms with Crippen molar-refractivity contribution < 1.29 is 57.4 Å². The van der Waals surface area contributed by atoms with E-state index in [0.29, 0.717) is 49.7 Å². The summed E-state index contributed by atoms with van der Waals surface area (Å²) < 4.78 is 149. The second kappa shape index (κ2) is 21.1. The van der Waals surface area contributed by atoms with Gasteiger partial charge < -0.3 is 25.5 Å². The van der Waals surface area contributed by atoms with Crippen LogP contribution < -0.4 is 20.4 Å². The van der Waals surface area contributed by atoms with Crippen molar-refractivity contribution in [3.63, 3.8) is 0 Å². The molecule has 27 heteroatoms. The molecular weight excluding hydrogens is 945 g/mol. The van der Waals surface area contributed by atoms with Crippen LogP contribution in [0.4, 0.5) is 83.7 Å². The maximum atomic E-state index is 13.5. The Labute approximate surface area is 378 Å². The highest BCUT2D eigenvalue weighted by Gasteiger charge is 2.34. The second-order valence-electron chi connectivity index (χ2n) is 13.5. The summed E-state index contributed by atoms with van der Waals surface area (Å²) in [5.41, 5.74) is -2.27. The largest absolute Gasteiger partial charge is 0.416 e. The van der Waals surface area contributed by atoms with E-state index in [9.17, 15) is 57.4 Å².